The van der Waals surface area contributed by atoms with Gasteiger partial charge in [-0.05, 0) is 61.8 Å². The van der Waals surface area contributed by atoms with Crippen LogP contribution in [0.2, 0.25) is 10.8 Å². The van der Waals surface area contributed by atoms with Crippen LogP contribution in [0.4, 0.5) is 5.69 Å². The highest BCUT2D eigenvalue weighted by molar-refractivity contribution is 6.55. The van der Waals surface area contributed by atoms with Crippen LogP contribution in [0.15, 0.2) is 42.5 Å². The van der Waals surface area contributed by atoms with E-state index in [0.717, 1.165) is 55.3 Å². The van der Waals surface area contributed by atoms with Crippen molar-refractivity contribution >= 4 is 35.9 Å². The van der Waals surface area contributed by atoms with Gasteiger partial charge in [0.05, 0.1) is 5.41 Å². The van der Waals surface area contributed by atoms with E-state index in [9.17, 15) is 4.79 Å². The molecule has 29 heavy (non-hydrogen) atoms. The molecule has 0 aromatic heterocycles. The molecule has 1 aliphatic carbocycles. The quantitative estimate of drug-likeness (QED) is 0.744. The van der Waals surface area contributed by atoms with E-state index >= 15 is 0 Å². The predicted molar refractivity (Wildman–Crippen MR) is 118 cm³/mol. The van der Waals surface area contributed by atoms with E-state index in [2.05, 4.69) is 41.8 Å². The number of amides is 1. The van der Waals surface area contributed by atoms with Crippen molar-refractivity contribution in [1.29, 1.82) is 0 Å². The Morgan fingerprint density at radius 3 is 2.62 bits per heavy atom. The van der Waals surface area contributed by atoms with Crippen LogP contribution in [0.1, 0.15) is 31.2 Å². The third-order valence-corrected chi connectivity index (χ3v) is 6.73. The van der Waals surface area contributed by atoms with Gasteiger partial charge in [0.15, 0.2) is 7.28 Å². The monoisotopic (exact) mass is 407 g/mol. The summed E-state index contributed by atoms with van der Waals surface area (Å²) in [5.74, 6) is 1.83. The fraction of sp³-hybridized carbons (Fsp3) is 0.435. The number of piperidine rings is 1. The number of nitrogens with one attached hydrogen (secondary N) is 1. The number of benzene rings is 2. The summed E-state index contributed by atoms with van der Waals surface area (Å²) < 4.78 is 5.94. The average Bonchev–Trinajstić information content (AvgIpc) is 3.51. The zero-order valence-electron chi connectivity index (χ0n) is 16.5. The summed E-state index contributed by atoms with van der Waals surface area (Å²) in [6.07, 6.45) is 4.29. The van der Waals surface area contributed by atoms with Gasteiger partial charge in [-0.25, -0.2) is 0 Å². The summed E-state index contributed by atoms with van der Waals surface area (Å²) in [5, 5.41) is 3.73. The lowest BCUT2D eigenvalue weighted by Crippen LogP contribution is -2.47. The van der Waals surface area contributed by atoms with E-state index < -0.39 is 5.41 Å². The second kappa shape index (κ2) is 7.69. The molecule has 1 saturated carbocycles. The lowest BCUT2D eigenvalue weighted by Gasteiger charge is -2.37. The number of likely N-dealkylation sites (tertiary alicyclic amines) is 1. The molecule has 0 bridgehead atoms. The molecule has 0 atom stereocenters. The van der Waals surface area contributed by atoms with Gasteiger partial charge in [-0.2, -0.15) is 0 Å². The third kappa shape index (κ3) is 3.90. The topological polar surface area (TPSA) is 41.6 Å². The van der Waals surface area contributed by atoms with Gasteiger partial charge in [0, 0.05) is 17.3 Å². The largest absolute Gasteiger partial charge is 0.492 e. The Kier molecular flexibility index (Phi) is 5.05. The normalized spacial score (nSPS) is 20.4. The lowest BCUT2D eigenvalue weighted by atomic mass is 9.65. The van der Waals surface area contributed by atoms with E-state index in [0.29, 0.717) is 11.6 Å². The van der Waals surface area contributed by atoms with Crippen LogP contribution in [0, 0.1) is 0 Å². The van der Waals surface area contributed by atoms with Gasteiger partial charge in [-0.15, -0.1) is 0 Å². The number of halogens is 1. The van der Waals surface area contributed by atoms with Gasteiger partial charge in [0.1, 0.15) is 12.4 Å². The number of ether oxygens (including phenoxy) is 1. The maximum atomic E-state index is 12.7. The van der Waals surface area contributed by atoms with Crippen LogP contribution < -0.4 is 15.5 Å². The number of carbonyl (C=O) groups is 1. The molecule has 1 spiro atoms. The van der Waals surface area contributed by atoms with Crippen LogP contribution in [-0.4, -0.2) is 44.3 Å². The van der Waals surface area contributed by atoms with Crippen LogP contribution in [0.25, 0.3) is 0 Å². The highest BCUT2D eigenvalue weighted by atomic mass is 35.5. The Bertz CT molecular complexity index is 906. The lowest BCUT2D eigenvalue weighted by molar-refractivity contribution is -0.122. The number of nitrogens with zero attached hydrogens (tertiary/aromatic N) is 1. The molecule has 2 heterocycles. The minimum Gasteiger partial charge on any atom is -0.492 e. The van der Waals surface area contributed by atoms with Gasteiger partial charge in [0.25, 0.3) is 0 Å². The van der Waals surface area contributed by atoms with E-state index in [-0.39, 0.29) is 5.91 Å². The SMILES string of the molecule is O=C1Nc2ccc(Cl)cc2C12CCN(CCOc1ccc([B]C3CC3)cc1)CC2. The first kappa shape index (κ1) is 19.0. The zero-order chi connectivity index (χ0) is 19.8. The fourth-order valence-corrected chi connectivity index (χ4v) is 4.72. The molecule has 5 rings (SSSR count). The summed E-state index contributed by atoms with van der Waals surface area (Å²) >= 11 is 6.20. The van der Waals surface area contributed by atoms with Crippen molar-refractivity contribution in [3.8, 4) is 5.75 Å². The molecule has 1 saturated heterocycles. The molecule has 6 heteroatoms. The minimum atomic E-state index is -0.425. The number of hydrogen-bond donors (Lipinski definition) is 1. The van der Waals surface area contributed by atoms with Gasteiger partial charge in [-0.3, -0.25) is 9.69 Å². The number of fused-ring (bicyclic) bond motifs is 2. The first-order valence-electron chi connectivity index (χ1n) is 10.5. The van der Waals surface area contributed by atoms with Gasteiger partial charge in [-0.1, -0.05) is 47.9 Å². The Morgan fingerprint density at radius 1 is 1.14 bits per heavy atom. The molecule has 3 aliphatic rings. The van der Waals surface area contributed by atoms with Crippen LogP contribution in [0.3, 0.4) is 0 Å². The van der Waals surface area contributed by atoms with Crippen LogP contribution in [0.5, 0.6) is 5.75 Å². The molecule has 1 amide bonds. The van der Waals surface area contributed by atoms with E-state index in [1.807, 2.05) is 18.2 Å². The second-order valence-electron chi connectivity index (χ2n) is 8.49. The average molecular weight is 408 g/mol. The molecule has 1 N–H and O–H groups in total. The first-order chi connectivity index (χ1) is 14.1. The molecule has 1 radical (unpaired) electrons. The maximum Gasteiger partial charge on any atom is 0.235 e. The third-order valence-electron chi connectivity index (χ3n) is 6.50. The number of carbonyl (C=O) groups excluding carboxylic acids is 1. The molecular weight excluding hydrogens is 383 g/mol. The maximum absolute atomic E-state index is 12.7. The van der Waals surface area contributed by atoms with Gasteiger partial charge in [0.2, 0.25) is 5.91 Å². The fourth-order valence-electron chi connectivity index (χ4n) is 4.54. The summed E-state index contributed by atoms with van der Waals surface area (Å²) in [6.45, 7) is 3.30. The summed E-state index contributed by atoms with van der Waals surface area (Å²) in [7, 11) is 2.35. The Labute approximate surface area is 177 Å². The standard InChI is InChI=1S/C23H25BClN2O2/c25-18-5-8-21-20(15-18)23(22(28)26-21)9-11-27(12-10-23)13-14-29-19-6-3-17(4-7-19)24-16-1-2-16/h3-8,15-16H,1-2,9-14H2,(H,26,28). The Morgan fingerprint density at radius 2 is 1.90 bits per heavy atom. The Balaban J connectivity index is 1.13. The van der Waals surface area contributed by atoms with E-state index in [1.54, 1.807) is 0 Å². The molecule has 2 aliphatic heterocycles. The van der Waals surface area contributed by atoms with Crippen molar-refractivity contribution < 1.29 is 9.53 Å². The van der Waals surface area contributed by atoms with Crippen molar-refractivity contribution in [2.75, 3.05) is 31.6 Å². The van der Waals surface area contributed by atoms with E-state index in [4.69, 9.17) is 16.3 Å². The minimum absolute atomic E-state index is 0.119. The van der Waals surface area contributed by atoms with Crippen molar-refractivity contribution in [3.63, 3.8) is 0 Å². The van der Waals surface area contributed by atoms with Gasteiger partial charge >= 0.3 is 0 Å². The first-order valence-corrected chi connectivity index (χ1v) is 10.9. The smallest absolute Gasteiger partial charge is 0.235 e. The summed E-state index contributed by atoms with van der Waals surface area (Å²) in [5.41, 5.74) is 2.84. The molecule has 2 aromatic carbocycles. The van der Waals surface area contributed by atoms with Crippen molar-refractivity contribution in [2.24, 2.45) is 0 Å². The highest BCUT2D eigenvalue weighted by Gasteiger charge is 2.48. The highest BCUT2D eigenvalue weighted by Crippen LogP contribution is 2.45. The molecule has 4 nitrogen and oxygen atoms in total. The summed E-state index contributed by atoms with van der Waals surface area (Å²) in [4.78, 5) is 15.1. The van der Waals surface area contributed by atoms with Crippen molar-refractivity contribution in [3.05, 3.63) is 53.1 Å². The second-order valence-corrected chi connectivity index (χ2v) is 8.93. The van der Waals surface area contributed by atoms with Gasteiger partial charge < -0.3 is 10.1 Å². The van der Waals surface area contributed by atoms with Crippen molar-refractivity contribution in [1.82, 2.24) is 4.90 Å². The van der Waals surface area contributed by atoms with Crippen LogP contribution >= 0.6 is 11.6 Å². The molecular formula is C23H25BClN2O2. The molecule has 149 valence electrons. The predicted octanol–water partition coefficient (Wildman–Crippen LogP) is 3.62. The Hall–Kier alpha value is -1.98. The summed E-state index contributed by atoms with van der Waals surface area (Å²) in [6, 6.07) is 14.1. The molecule has 2 aromatic rings. The number of anilines is 1. The molecule has 2 fully saturated rings. The number of hydrogen-bond acceptors (Lipinski definition) is 3. The number of rotatable bonds is 6. The van der Waals surface area contributed by atoms with Crippen molar-refractivity contribution in [2.45, 2.75) is 36.9 Å². The van der Waals surface area contributed by atoms with E-state index in [1.165, 1.54) is 18.3 Å². The zero-order valence-corrected chi connectivity index (χ0v) is 17.3. The van der Waals surface area contributed by atoms with Crippen LogP contribution in [-0.2, 0) is 10.2 Å². The molecule has 0 unspecified atom stereocenters.